The van der Waals surface area contributed by atoms with Crippen LogP contribution in [0.2, 0.25) is 0 Å². The number of nitrogens with zero attached hydrogens (tertiary/aromatic N) is 1. The quantitative estimate of drug-likeness (QED) is 0.856. The first-order valence-electron chi connectivity index (χ1n) is 7.16. The highest BCUT2D eigenvalue weighted by molar-refractivity contribution is 7.90. The van der Waals surface area contributed by atoms with Gasteiger partial charge in [-0.05, 0) is 46.5 Å². The number of amides is 1. The number of nitrogens with one attached hydrogen (secondary N) is 1. The van der Waals surface area contributed by atoms with Crippen LogP contribution < -0.4 is 4.72 Å². The second-order valence-electron chi connectivity index (χ2n) is 6.63. The molecule has 1 unspecified atom stereocenters. The van der Waals surface area contributed by atoms with Gasteiger partial charge in [0, 0.05) is 19.1 Å². The molecule has 0 aromatic carbocycles. The lowest BCUT2D eigenvalue weighted by Gasteiger charge is -2.34. The molecule has 1 N–H and O–H groups in total. The lowest BCUT2D eigenvalue weighted by Crippen LogP contribution is -2.51. The standard InChI is InChI=1S/C13H24N2O4S/c1-13(2,3)19-12(16)15-8-4-5-10(9-15)14-20(17,18)11-6-7-11/h10-11,14H,4-9H2,1-3H3. The maximum absolute atomic E-state index is 12.0. The lowest BCUT2D eigenvalue weighted by molar-refractivity contribution is 0.0195. The van der Waals surface area contributed by atoms with Crippen LogP contribution >= 0.6 is 0 Å². The number of hydrogen-bond acceptors (Lipinski definition) is 4. The summed E-state index contributed by atoms with van der Waals surface area (Å²) >= 11 is 0. The van der Waals surface area contributed by atoms with Crippen LogP contribution in [0.5, 0.6) is 0 Å². The first kappa shape index (κ1) is 15.6. The molecule has 2 aliphatic rings. The second-order valence-corrected chi connectivity index (χ2v) is 8.62. The van der Waals surface area contributed by atoms with Crippen LogP contribution in [0.4, 0.5) is 4.79 Å². The summed E-state index contributed by atoms with van der Waals surface area (Å²) in [5.74, 6) is 0. The van der Waals surface area contributed by atoms with Crippen molar-refractivity contribution in [1.82, 2.24) is 9.62 Å². The van der Waals surface area contributed by atoms with Crippen molar-refractivity contribution in [1.29, 1.82) is 0 Å². The Morgan fingerprint density at radius 3 is 2.45 bits per heavy atom. The number of hydrogen-bond donors (Lipinski definition) is 1. The third-order valence-electron chi connectivity index (χ3n) is 3.37. The molecule has 1 heterocycles. The van der Waals surface area contributed by atoms with E-state index in [1.54, 1.807) is 4.90 Å². The van der Waals surface area contributed by atoms with Crippen LogP contribution in [-0.4, -0.2) is 49.4 Å². The molecule has 0 aromatic heterocycles. The van der Waals surface area contributed by atoms with E-state index in [1.807, 2.05) is 20.8 Å². The van der Waals surface area contributed by atoms with E-state index in [4.69, 9.17) is 4.74 Å². The summed E-state index contributed by atoms with van der Waals surface area (Å²) in [5, 5.41) is -0.223. The van der Waals surface area contributed by atoms with E-state index in [9.17, 15) is 13.2 Å². The van der Waals surface area contributed by atoms with Crippen molar-refractivity contribution in [2.75, 3.05) is 13.1 Å². The van der Waals surface area contributed by atoms with Crippen LogP contribution in [0, 0.1) is 0 Å². The van der Waals surface area contributed by atoms with Crippen molar-refractivity contribution in [3.05, 3.63) is 0 Å². The molecule has 116 valence electrons. The van der Waals surface area contributed by atoms with E-state index < -0.39 is 15.6 Å². The van der Waals surface area contributed by atoms with Gasteiger partial charge < -0.3 is 9.64 Å². The Labute approximate surface area is 120 Å². The van der Waals surface area contributed by atoms with Gasteiger partial charge >= 0.3 is 6.09 Å². The SMILES string of the molecule is CC(C)(C)OC(=O)N1CCCC(NS(=O)(=O)C2CC2)C1. The van der Waals surface area contributed by atoms with Crippen LogP contribution in [0.25, 0.3) is 0 Å². The first-order valence-corrected chi connectivity index (χ1v) is 8.71. The van der Waals surface area contributed by atoms with Gasteiger partial charge in [-0.1, -0.05) is 0 Å². The third-order valence-corrected chi connectivity index (χ3v) is 5.38. The summed E-state index contributed by atoms with van der Waals surface area (Å²) in [6, 6.07) is -0.193. The average molecular weight is 304 g/mol. The molecule has 0 spiro atoms. The van der Waals surface area contributed by atoms with Gasteiger partial charge in [0.25, 0.3) is 0 Å². The maximum atomic E-state index is 12.0. The molecule has 0 radical (unpaired) electrons. The number of likely N-dealkylation sites (tertiary alicyclic amines) is 1. The van der Waals surface area contributed by atoms with Gasteiger partial charge in [0.15, 0.2) is 0 Å². The molecule has 20 heavy (non-hydrogen) atoms. The van der Waals surface area contributed by atoms with Gasteiger partial charge in [-0.3, -0.25) is 0 Å². The van der Waals surface area contributed by atoms with Gasteiger partial charge in [0.2, 0.25) is 10.0 Å². The summed E-state index contributed by atoms with van der Waals surface area (Å²) in [7, 11) is -3.20. The molecule has 1 saturated heterocycles. The lowest BCUT2D eigenvalue weighted by atomic mass is 10.1. The van der Waals surface area contributed by atoms with Crippen molar-refractivity contribution in [2.45, 2.75) is 63.3 Å². The highest BCUT2D eigenvalue weighted by Crippen LogP contribution is 2.28. The Bertz CT molecular complexity index is 465. The monoisotopic (exact) mass is 304 g/mol. The van der Waals surface area contributed by atoms with Gasteiger partial charge in [0.1, 0.15) is 5.60 Å². The Hall–Kier alpha value is -0.820. The van der Waals surface area contributed by atoms with Crippen molar-refractivity contribution < 1.29 is 17.9 Å². The number of sulfonamides is 1. The smallest absolute Gasteiger partial charge is 0.410 e. The maximum Gasteiger partial charge on any atom is 0.410 e. The summed E-state index contributed by atoms with van der Waals surface area (Å²) in [6.07, 6.45) is 2.69. The van der Waals surface area contributed by atoms with Crippen LogP contribution in [0.15, 0.2) is 0 Å². The molecule has 1 saturated carbocycles. The Kier molecular flexibility index (Phi) is 4.30. The van der Waals surface area contributed by atoms with Crippen molar-refractivity contribution in [2.24, 2.45) is 0 Å². The van der Waals surface area contributed by atoms with E-state index in [2.05, 4.69) is 4.72 Å². The number of piperidine rings is 1. The fourth-order valence-electron chi connectivity index (χ4n) is 2.27. The normalized spacial score (nSPS) is 24.6. The molecule has 7 heteroatoms. The number of ether oxygens (including phenoxy) is 1. The van der Waals surface area contributed by atoms with E-state index in [0.717, 1.165) is 25.7 Å². The van der Waals surface area contributed by atoms with Crippen molar-refractivity contribution in [3.63, 3.8) is 0 Å². The minimum atomic E-state index is -3.20. The van der Waals surface area contributed by atoms with Crippen LogP contribution in [-0.2, 0) is 14.8 Å². The molecular formula is C13H24N2O4S. The minimum absolute atomic E-state index is 0.193. The van der Waals surface area contributed by atoms with E-state index >= 15 is 0 Å². The Morgan fingerprint density at radius 1 is 1.25 bits per heavy atom. The highest BCUT2D eigenvalue weighted by atomic mass is 32.2. The molecule has 1 amide bonds. The fourth-order valence-corrected chi connectivity index (χ4v) is 3.88. The van der Waals surface area contributed by atoms with E-state index in [-0.39, 0.29) is 17.4 Å². The van der Waals surface area contributed by atoms with Gasteiger partial charge in [0.05, 0.1) is 5.25 Å². The van der Waals surface area contributed by atoms with Gasteiger partial charge in [-0.2, -0.15) is 0 Å². The molecule has 1 aliphatic heterocycles. The largest absolute Gasteiger partial charge is 0.444 e. The van der Waals surface area contributed by atoms with Crippen LogP contribution in [0.3, 0.4) is 0 Å². The molecular weight excluding hydrogens is 280 g/mol. The number of carbonyl (C=O) groups is 1. The predicted octanol–water partition coefficient (Wildman–Crippen LogP) is 1.47. The van der Waals surface area contributed by atoms with Gasteiger partial charge in [-0.15, -0.1) is 0 Å². The fraction of sp³-hybridized carbons (Fsp3) is 0.923. The van der Waals surface area contributed by atoms with Crippen molar-refractivity contribution in [3.8, 4) is 0 Å². The molecule has 1 atom stereocenters. The Balaban J connectivity index is 1.90. The van der Waals surface area contributed by atoms with Crippen molar-refractivity contribution >= 4 is 16.1 Å². The summed E-state index contributed by atoms with van der Waals surface area (Å²) < 4.78 is 31.9. The zero-order valence-corrected chi connectivity index (χ0v) is 13.2. The molecule has 1 aliphatic carbocycles. The second kappa shape index (κ2) is 5.52. The molecule has 0 aromatic rings. The minimum Gasteiger partial charge on any atom is -0.444 e. The summed E-state index contributed by atoms with van der Waals surface area (Å²) in [6.45, 7) is 6.48. The zero-order valence-electron chi connectivity index (χ0n) is 12.4. The molecule has 2 fully saturated rings. The highest BCUT2D eigenvalue weighted by Gasteiger charge is 2.38. The number of rotatable bonds is 3. The zero-order chi connectivity index (χ0) is 15.0. The number of carbonyl (C=O) groups excluding carboxylic acids is 1. The van der Waals surface area contributed by atoms with Crippen LogP contribution in [0.1, 0.15) is 46.5 Å². The molecule has 6 nitrogen and oxygen atoms in total. The average Bonchev–Trinajstić information content (AvgIpc) is 3.10. The summed E-state index contributed by atoms with van der Waals surface area (Å²) in [5.41, 5.74) is -0.530. The van der Waals surface area contributed by atoms with E-state index in [1.165, 1.54) is 0 Å². The Morgan fingerprint density at radius 2 is 1.90 bits per heavy atom. The summed E-state index contributed by atoms with van der Waals surface area (Å²) in [4.78, 5) is 13.6. The third kappa shape index (κ3) is 4.34. The molecule has 2 rings (SSSR count). The first-order chi connectivity index (χ1) is 9.17. The topological polar surface area (TPSA) is 75.7 Å². The van der Waals surface area contributed by atoms with E-state index in [0.29, 0.717) is 13.1 Å². The predicted molar refractivity (Wildman–Crippen MR) is 75.9 cm³/mol. The molecule has 0 bridgehead atoms. The van der Waals surface area contributed by atoms with Gasteiger partial charge in [-0.25, -0.2) is 17.9 Å².